The Kier molecular flexibility index (Phi) is 6.05. The van der Waals surface area contributed by atoms with E-state index in [1.165, 1.54) is 0 Å². The predicted octanol–water partition coefficient (Wildman–Crippen LogP) is 5.92. The summed E-state index contributed by atoms with van der Waals surface area (Å²) in [6.45, 7) is 0. The number of Topliss-reactive ketones (excluding diaryl/α,β-unsaturated/α-hetero) is 1. The molecule has 5 nitrogen and oxygen atoms in total. The van der Waals surface area contributed by atoms with Crippen molar-refractivity contribution >= 4 is 28.3 Å². The topological polar surface area (TPSA) is 57.7 Å². The zero-order valence-corrected chi connectivity index (χ0v) is 17.8. The lowest BCUT2D eigenvalue weighted by Crippen LogP contribution is -2.03. The third-order valence-electron chi connectivity index (χ3n) is 4.81. The van der Waals surface area contributed by atoms with E-state index in [1.807, 2.05) is 18.2 Å². The van der Waals surface area contributed by atoms with Gasteiger partial charge in [-0.3, -0.25) is 9.78 Å². The number of aromatic nitrogens is 1. The van der Waals surface area contributed by atoms with Crippen LogP contribution in [-0.2, 0) is 6.42 Å². The summed E-state index contributed by atoms with van der Waals surface area (Å²) in [6, 6.07) is 20.8. The predicted molar refractivity (Wildman–Crippen MR) is 120 cm³/mol. The Labute approximate surface area is 185 Å². The molecule has 6 heteroatoms. The van der Waals surface area contributed by atoms with Crippen LogP contribution in [0.25, 0.3) is 10.9 Å². The number of benzene rings is 3. The van der Waals surface area contributed by atoms with Crippen molar-refractivity contribution in [1.82, 2.24) is 4.98 Å². The minimum Gasteiger partial charge on any atom is -0.493 e. The Balaban J connectivity index is 1.54. The number of hydrogen-bond donors (Lipinski definition) is 0. The zero-order valence-electron chi connectivity index (χ0n) is 17.0. The Hall–Kier alpha value is -3.57. The van der Waals surface area contributed by atoms with Gasteiger partial charge in [-0.25, -0.2) is 0 Å². The molecular weight excluding hydrogens is 414 g/mol. The molecule has 4 aromatic rings. The summed E-state index contributed by atoms with van der Waals surface area (Å²) in [6.07, 6.45) is 1.95. The van der Waals surface area contributed by atoms with Gasteiger partial charge in [0.2, 0.25) is 0 Å². The van der Waals surface area contributed by atoms with Crippen molar-refractivity contribution in [2.75, 3.05) is 14.2 Å². The molecule has 0 unspecified atom stereocenters. The number of ketones is 1. The van der Waals surface area contributed by atoms with Crippen LogP contribution in [0, 0.1) is 6.07 Å². The molecule has 155 valence electrons. The van der Waals surface area contributed by atoms with Crippen molar-refractivity contribution in [3.05, 3.63) is 89.1 Å². The van der Waals surface area contributed by atoms with E-state index in [0.29, 0.717) is 45.5 Å². The molecule has 0 atom stereocenters. The van der Waals surface area contributed by atoms with Gasteiger partial charge < -0.3 is 14.2 Å². The molecule has 0 fully saturated rings. The molecule has 0 aliphatic heterocycles. The van der Waals surface area contributed by atoms with Crippen LogP contribution in [0.15, 0.2) is 66.9 Å². The highest BCUT2D eigenvalue weighted by Crippen LogP contribution is 2.36. The number of fused-ring (bicyclic) bond motifs is 1. The maximum absolute atomic E-state index is 12.5. The van der Waals surface area contributed by atoms with E-state index in [0.717, 1.165) is 10.9 Å². The smallest absolute Gasteiger partial charge is 0.167 e. The van der Waals surface area contributed by atoms with Crippen LogP contribution >= 0.6 is 11.6 Å². The Morgan fingerprint density at radius 1 is 0.968 bits per heavy atom. The molecule has 31 heavy (non-hydrogen) atoms. The van der Waals surface area contributed by atoms with E-state index >= 15 is 0 Å². The second kappa shape index (κ2) is 9.06. The van der Waals surface area contributed by atoms with Gasteiger partial charge in [0.25, 0.3) is 0 Å². The zero-order chi connectivity index (χ0) is 21.8. The highest BCUT2D eigenvalue weighted by molar-refractivity contribution is 6.30. The van der Waals surface area contributed by atoms with Crippen LogP contribution in [0.1, 0.15) is 15.9 Å². The molecule has 0 aliphatic rings. The number of rotatable bonds is 7. The number of ether oxygens (including phenoxy) is 3. The molecule has 0 amide bonds. The maximum Gasteiger partial charge on any atom is 0.167 e. The average Bonchev–Trinajstić information content (AvgIpc) is 2.80. The lowest BCUT2D eigenvalue weighted by Gasteiger charge is -2.12. The van der Waals surface area contributed by atoms with Crippen LogP contribution in [0.4, 0.5) is 0 Å². The number of methoxy groups -OCH3 is 2. The van der Waals surface area contributed by atoms with E-state index in [2.05, 4.69) is 11.1 Å². The van der Waals surface area contributed by atoms with E-state index < -0.39 is 0 Å². The number of hydrogen-bond acceptors (Lipinski definition) is 5. The molecule has 3 aromatic carbocycles. The monoisotopic (exact) mass is 432 g/mol. The van der Waals surface area contributed by atoms with Gasteiger partial charge in [0.1, 0.15) is 11.5 Å². The molecule has 0 N–H and O–H groups in total. The fourth-order valence-electron chi connectivity index (χ4n) is 3.19. The summed E-state index contributed by atoms with van der Waals surface area (Å²) >= 11 is 5.90. The van der Waals surface area contributed by atoms with Crippen LogP contribution < -0.4 is 14.2 Å². The normalized spacial score (nSPS) is 10.7. The molecule has 1 aromatic heterocycles. The van der Waals surface area contributed by atoms with Crippen molar-refractivity contribution in [2.24, 2.45) is 0 Å². The van der Waals surface area contributed by atoms with E-state index in [-0.39, 0.29) is 5.78 Å². The van der Waals surface area contributed by atoms with Gasteiger partial charge in [-0.05, 0) is 48.0 Å². The van der Waals surface area contributed by atoms with Crippen molar-refractivity contribution in [2.45, 2.75) is 6.42 Å². The van der Waals surface area contributed by atoms with Gasteiger partial charge in [-0.1, -0.05) is 23.7 Å². The lowest BCUT2D eigenvalue weighted by molar-refractivity contribution is 0.0993. The van der Waals surface area contributed by atoms with Crippen molar-refractivity contribution < 1.29 is 19.0 Å². The number of pyridine rings is 1. The molecule has 4 rings (SSSR count). The van der Waals surface area contributed by atoms with Crippen molar-refractivity contribution in [3.8, 4) is 23.0 Å². The quantitative estimate of drug-likeness (QED) is 0.339. The molecule has 0 spiro atoms. The summed E-state index contributed by atoms with van der Waals surface area (Å²) < 4.78 is 16.7. The number of nitrogens with zero attached hydrogens (tertiary/aromatic N) is 1. The van der Waals surface area contributed by atoms with Crippen LogP contribution in [0.5, 0.6) is 23.0 Å². The largest absolute Gasteiger partial charge is 0.493 e. The van der Waals surface area contributed by atoms with Gasteiger partial charge in [-0.2, -0.15) is 0 Å². The van der Waals surface area contributed by atoms with Crippen molar-refractivity contribution in [1.29, 1.82) is 0 Å². The second-order valence-corrected chi connectivity index (χ2v) is 7.24. The summed E-state index contributed by atoms with van der Waals surface area (Å²) in [5.74, 6) is 2.26. The minimum atomic E-state index is -0.00341. The summed E-state index contributed by atoms with van der Waals surface area (Å²) in [7, 11) is 3.16. The Bertz CT molecular complexity index is 1220. The molecule has 1 heterocycles. The van der Waals surface area contributed by atoms with Crippen molar-refractivity contribution in [3.63, 3.8) is 0 Å². The molecule has 0 saturated heterocycles. The summed E-state index contributed by atoms with van der Waals surface area (Å²) in [5.41, 5.74) is 2.18. The lowest BCUT2D eigenvalue weighted by atomic mass is 10.0. The molecular formula is C25H19ClNO4. The van der Waals surface area contributed by atoms with E-state index in [4.69, 9.17) is 25.8 Å². The van der Waals surface area contributed by atoms with Crippen LogP contribution in [0.3, 0.4) is 0 Å². The van der Waals surface area contributed by atoms with Gasteiger partial charge in [0.15, 0.2) is 17.3 Å². The molecule has 0 bridgehead atoms. The number of carbonyl (C=O) groups is 1. The Morgan fingerprint density at radius 2 is 1.71 bits per heavy atom. The minimum absolute atomic E-state index is 0.00341. The first-order valence-corrected chi connectivity index (χ1v) is 9.93. The third-order valence-corrected chi connectivity index (χ3v) is 5.06. The van der Waals surface area contributed by atoms with Gasteiger partial charge >= 0.3 is 0 Å². The standard InChI is InChI=1S/C25H19ClNO4/c1-29-24-14-20-21(15-25(24)30-2)27-12-11-23(20)31-19-9-5-17(6-10-19)22(28)13-16-3-7-18(26)8-4-16/h3-9,11-12,14-15H,13H2,1-2H3. The average molecular weight is 433 g/mol. The highest BCUT2D eigenvalue weighted by Gasteiger charge is 2.12. The van der Waals surface area contributed by atoms with Gasteiger partial charge in [-0.15, -0.1) is 0 Å². The van der Waals surface area contributed by atoms with Crippen LogP contribution in [-0.4, -0.2) is 25.0 Å². The van der Waals surface area contributed by atoms with Gasteiger partial charge in [0, 0.05) is 40.7 Å². The second-order valence-electron chi connectivity index (χ2n) is 6.80. The first-order valence-electron chi connectivity index (χ1n) is 9.55. The first-order chi connectivity index (χ1) is 15.1. The molecule has 1 radical (unpaired) electrons. The fraction of sp³-hybridized carbons (Fsp3) is 0.120. The molecule has 0 saturated carbocycles. The maximum atomic E-state index is 12.5. The number of carbonyl (C=O) groups excluding carboxylic acids is 1. The van der Waals surface area contributed by atoms with Gasteiger partial charge in [0.05, 0.1) is 19.7 Å². The Morgan fingerprint density at radius 3 is 2.39 bits per heavy atom. The summed E-state index contributed by atoms with van der Waals surface area (Å²) in [5, 5.41) is 1.42. The fourth-order valence-corrected chi connectivity index (χ4v) is 3.32. The SMILES string of the molecule is COc1cc2nccc(Oc3[c]cc(C(=O)Cc4ccc(Cl)cc4)cc3)c2cc1OC. The molecule has 0 aliphatic carbocycles. The van der Waals surface area contributed by atoms with Crippen LogP contribution in [0.2, 0.25) is 5.02 Å². The highest BCUT2D eigenvalue weighted by atomic mass is 35.5. The first kappa shape index (κ1) is 20.7. The summed E-state index contributed by atoms with van der Waals surface area (Å²) in [4.78, 5) is 16.9. The third kappa shape index (κ3) is 4.62. The number of halogens is 1. The van der Waals surface area contributed by atoms with E-state index in [9.17, 15) is 4.79 Å². The van der Waals surface area contributed by atoms with E-state index in [1.54, 1.807) is 62.9 Å².